The second-order valence-electron chi connectivity index (χ2n) is 3.12. The number of amides is 2. The van der Waals surface area contributed by atoms with Crippen LogP contribution in [-0.4, -0.2) is 46.9 Å². The van der Waals surface area contributed by atoms with E-state index in [-0.39, 0.29) is 5.91 Å². The number of carboxylic acids is 1. The Bertz CT molecular complexity index is 277. The molecule has 1 saturated heterocycles. The Morgan fingerprint density at radius 2 is 2.29 bits per heavy atom. The molecular weight excluding hydrogens is 188 g/mol. The van der Waals surface area contributed by atoms with E-state index in [1.54, 1.807) is 6.92 Å². The Labute approximate surface area is 80.9 Å². The lowest BCUT2D eigenvalue weighted by molar-refractivity contribution is -0.149. The van der Waals surface area contributed by atoms with Crippen LogP contribution in [0, 0.1) is 0 Å². The molecule has 0 radical (unpaired) electrons. The number of aliphatic carboxylic acids is 1. The Hall–Kier alpha value is -1.59. The first-order valence-corrected chi connectivity index (χ1v) is 4.31. The topological polar surface area (TPSA) is 86.7 Å². The first kappa shape index (κ1) is 10.5. The minimum Gasteiger partial charge on any atom is -0.481 e. The van der Waals surface area contributed by atoms with Crippen molar-refractivity contribution in [2.45, 2.75) is 19.4 Å². The van der Waals surface area contributed by atoms with Gasteiger partial charge < -0.3 is 15.3 Å². The fourth-order valence-electron chi connectivity index (χ4n) is 1.35. The summed E-state index contributed by atoms with van der Waals surface area (Å²) in [5.74, 6) is -1.93. The number of piperazine rings is 1. The van der Waals surface area contributed by atoms with Crippen LogP contribution in [0.3, 0.4) is 0 Å². The predicted octanol–water partition coefficient (Wildman–Crippen LogP) is -1.19. The number of nitrogens with one attached hydrogen (secondary N) is 1. The van der Waals surface area contributed by atoms with E-state index in [0.717, 1.165) is 0 Å². The van der Waals surface area contributed by atoms with Gasteiger partial charge in [0, 0.05) is 13.1 Å². The number of hydrogen-bond donors (Lipinski definition) is 2. The van der Waals surface area contributed by atoms with E-state index in [9.17, 15) is 14.4 Å². The Kier molecular flexibility index (Phi) is 3.06. The molecule has 1 heterocycles. The fraction of sp³-hybridized carbons (Fsp3) is 0.625. The van der Waals surface area contributed by atoms with Gasteiger partial charge in [0.05, 0.1) is 0 Å². The lowest BCUT2D eigenvalue weighted by atomic mass is 10.2. The minimum absolute atomic E-state index is 0.241. The van der Waals surface area contributed by atoms with E-state index in [1.807, 2.05) is 0 Å². The molecular formula is C8H12N2O4. The molecule has 0 bridgehead atoms. The molecule has 78 valence electrons. The summed E-state index contributed by atoms with van der Waals surface area (Å²) in [6.07, 6.45) is -0.558. The molecule has 6 nitrogen and oxygen atoms in total. The van der Waals surface area contributed by atoms with Crippen LogP contribution in [0.2, 0.25) is 0 Å². The molecule has 1 fully saturated rings. The molecule has 0 aromatic heterocycles. The van der Waals surface area contributed by atoms with Gasteiger partial charge in [-0.3, -0.25) is 14.4 Å². The lowest BCUT2D eigenvalue weighted by Gasteiger charge is -2.32. The van der Waals surface area contributed by atoms with Crippen LogP contribution in [0.4, 0.5) is 0 Å². The summed E-state index contributed by atoms with van der Waals surface area (Å²) in [5.41, 5.74) is 0. The molecule has 1 aliphatic rings. The highest BCUT2D eigenvalue weighted by Gasteiger charge is 2.29. The molecule has 1 aliphatic heterocycles. The molecule has 0 aliphatic carbocycles. The highest BCUT2D eigenvalue weighted by molar-refractivity contribution is 5.96. The number of carboxylic acid groups (broad SMARTS) is 1. The normalized spacial score (nSPS) is 21.6. The zero-order valence-electron chi connectivity index (χ0n) is 7.82. The van der Waals surface area contributed by atoms with E-state index in [0.29, 0.717) is 13.1 Å². The molecule has 1 unspecified atom stereocenters. The SMILES string of the molecule is CC1C(=O)NCCN1C(=O)CC(=O)O. The molecule has 1 atom stereocenters. The maximum atomic E-state index is 11.3. The van der Waals surface area contributed by atoms with Crippen molar-refractivity contribution in [2.75, 3.05) is 13.1 Å². The lowest BCUT2D eigenvalue weighted by Crippen LogP contribution is -2.56. The number of carbonyl (C=O) groups is 3. The van der Waals surface area contributed by atoms with Crippen LogP contribution in [0.1, 0.15) is 13.3 Å². The molecule has 6 heteroatoms. The Balaban J connectivity index is 2.62. The van der Waals surface area contributed by atoms with E-state index in [4.69, 9.17) is 5.11 Å². The van der Waals surface area contributed by atoms with Crippen LogP contribution < -0.4 is 5.32 Å². The number of hydrogen-bond acceptors (Lipinski definition) is 3. The van der Waals surface area contributed by atoms with Crippen molar-refractivity contribution in [3.8, 4) is 0 Å². The molecule has 2 N–H and O–H groups in total. The van der Waals surface area contributed by atoms with Crippen molar-refractivity contribution in [1.82, 2.24) is 10.2 Å². The average Bonchev–Trinajstić information content (AvgIpc) is 2.08. The van der Waals surface area contributed by atoms with Crippen LogP contribution in [0.25, 0.3) is 0 Å². The molecule has 0 aromatic carbocycles. The van der Waals surface area contributed by atoms with Gasteiger partial charge in [-0.15, -0.1) is 0 Å². The van der Waals surface area contributed by atoms with E-state index in [1.165, 1.54) is 4.90 Å². The van der Waals surface area contributed by atoms with Gasteiger partial charge in [0.15, 0.2) is 0 Å². The van der Waals surface area contributed by atoms with Gasteiger partial charge in [-0.05, 0) is 6.92 Å². The second kappa shape index (κ2) is 4.08. The number of carbonyl (C=O) groups excluding carboxylic acids is 2. The maximum absolute atomic E-state index is 11.3. The molecule has 14 heavy (non-hydrogen) atoms. The average molecular weight is 200 g/mol. The summed E-state index contributed by atoms with van der Waals surface area (Å²) in [5, 5.41) is 11.0. The number of nitrogens with zero attached hydrogens (tertiary/aromatic N) is 1. The molecule has 1 rings (SSSR count). The standard InChI is InChI=1S/C8H12N2O4/c1-5-8(14)9-2-3-10(5)6(11)4-7(12)13/h5H,2-4H2,1H3,(H,9,14)(H,12,13). The van der Waals surface area contributed by atoms with Crippen molar-refractivity contribution in [2.24, 2.45) is 0 Å². The van der Waals surface area contributed by atoms with Gasteiger partial charge in [-0.1, -0.05) is 0 Å². The van der Waals surface area contributed by atoms with Gasteiger partial charge in [0.25, 0.3) is 0 Å². The first-order chi connectivity index (χ1) is 6.52. The van der Waals surface area contributed by atoms with Crippen molar-refractivity contribution in [3.63, 3.8) is 0 Å². The zero-order valence-corrected chi connectivity index (χ0v) is 7.82. The Morgan fingerprint density at radius 3 is 2.86 bits per heavy atom. The minimum atomic E-state index is -1.17. The van der Waals surface area contributed by atoms with Gasteiger partial charge in [-0.25, -0.2) is 0 Å². The quantitative estimate of drug-likeness (QED) is 0.548. The summed E-state index contributed by atoms with van der Waals surface area (Å²) in [6.45, 7) is 2.34. The fourth-order valence-corrected chi connectivity index (χ4v) is 1.35. The second-order valence-corrected chi connectivity index (χ2v) is 3.12. The first-order valence-electron chi connectivity index (χ1n) is 4.31. The third-order valence-electron chi connectivity index (χ3n) is 2.12. The van der Waals surface area contributed by atoms with Crippen molar-refractivity contribution in [1.29, 1.82) is 0 Å². The van der Waals surface area contributed by atoms with E-state index < -0.39 is 24.3 Å². The van der Waals surface area contributed by atoms with Gasteiger partial charge >= 0.3 is 5.97 Å². The van der Waals surface area contributed by atoms with Crippen LogP contribution in [-0.2, 0) is 14.4 Å². The van der Waals surface area contributed by atoms with Gasteiger partial charge in [0.2, 0.25) is 11.8 Å². The third kappa shape index (κ3) is 2.21. The Morgan fingerprint density at radius 1 is 1.64 bits per heavy atom. The van der Waals surface area contributed by atoms with Crippen molar-refractivity contribution < 1.29 is 19.5 Å². The summed E-state index contributed by atoms with van der Waals surface area (Å²) < 4.78 is 0. The van der Waals surface area contributed by atoms with E-state index in [2.05, 4.69) is 5.32 Å². The smallest absolute Gasteiger partial charge is 0.312 e. The van der Waals surface area contributed by atoms with E-state index >= 15 is 0 Å². The van der Waals surface area contributed by atoms with Gasteiger partial charge in [0.1, 0.15) is 12.5 Å². The monoisotopic (exact) mass is 200 g/mol. The largest absolute Gasteiger partial charge is 0.481 e. The molecule has 2 amide bonds. The van der Waals surface area contributed by atoms with Crippen LogP contribution in [0.15, 0.2) is 0 Å². The summed E-state index contributed by atoms with van der Waals surface area (Å²) in [6, 6.07) is -0.574. The number of rotatable bonds is 2. The van der Waals surface area contributed by atoms with Crippen molar-refractivity contribution in [3.05, 3.63) is 0 Å². The highest BCUT2D eigenvalue weighted by atomic mass is 16.4. The summed E-state index contributed by atoms with van der Waals surface area (Å²) in [4.78, 5) is 34.0. The maximum Gasteiger partial charge on any atom is 0.312 e. The van der Waals surface area contributed by atoms with Crippen LogP contribution in [0.5, 0.6) is 0 Å². The predicted molar refractivity (Wildman–Crippen MR) is 46.4 cm³/mol. The molecule has 0 aromatic rings. The van der Waals surface area contributed by atoms with Crippen molar-refractivity contribution >= 4 is 17.8 Å². The summed E-state index contributed by atoms with van der Waals surface area (Å²) in [7, 11) is 0. The zero-order chi connectivity index (χ0) is 10.7. The molecule has 0 spiro atoms. The van der Waals surface area contributed by atoms with Gasteiger partial charge in [-0.2, -0.15) is 0 Å². The van der Waals surface area contributed by atoms with Crippen LogP contribution >= 0.6 is 0 Å². The molecule has 0 saturated carbocycles. The summed E-state index contributed by atoms with van der Waals surface area (Å²) >= 11 is 0. The highest BCUT2D eigenvalue weighted by Crippen LogP contribution is 2.05. The third-order valence-corrected chi connectivity index (χ3v) is 2.12.